The lowest BCUT2D eigenvalue weighted by Gasteiger charge is -2.08. The van der Waals surface area contributed by atoms with E-state index < -0.39 is 5.97 Å². The van der Waals surface area contributed by atoms with Gasteiger partial charge in [-0.05, 0) is 31.5 Å². The standard InChI is InChI=1S/C21H19NO3S/c1-13-9-11-16(12-10-13)19(23)22-20-18(21(24)25-3)17(14(2)26-20)15-7-5-4-6-8-15/h4-12H,1-3H3,(H,22,23). The minimum absolute atomic E-state index is 0.254. The molecule has 4 nitrogen and oxygen atoms in total. The second-order valence-electron chi connectivity index (χ2n) is 5.92. The Hall–Kier alpha value is -2.92. The lowest BCUT2D eigenvalue weighted by atomic mass is 10.0. The monoisotopic (exact) mass is 365 g/mol. The molecule has 1 heterocycles. The van der Waals surface area contributed by atoms with E-state index in [4.69, 9.17) is 4.74 Å². The van der Waals surface area contributed by atoms with Crippen molar-refractivity contribution in [1.29, 1.82) is 0 Å². The van der Waals surface area contributed by atoms with Crippen molar-refractivity contribution in [3.8, 4) is 11.1 Å². The average Bonchev–Trinajstić information content (AvgIpc) is 2.98. The fourth-order valence-corrected chi connectivity index (χ4v) is 3.82. The number of nitrogens with one attached hydrogen (secondary N) is 1. The van der Waals surface area contributed by atoms with Crippen molar-refractivity contribution >= 4 is 28.2 Å². The van der Waals surface area contributed by atoms with Crippen molar-refractivity contribution in [2.24, 2.45) is 0 Å². The van der Waals surface area contributed by atoms with E-state index in [2.05, 4.69) is 5.32 Å². The number of amides is 1. The number of thiophene rings is 1. The molecule has 0 fully saturated rings. The Morgan fingerprint density at radius 1 is 0.962 bits per heavy atom. The zero-order valence-electron chi connectivity index (χ0n) is 14.8. The van der Waals surface area contributed by atoms with Crippen molar-refractivity contribution in [1.82, 2.24) is 0 Å². The third-order valence-corrected chi connectivity index (χ3v) is 5.10. The maximum absolute atomic E-state index is 12.6. The highest BCUT2D eigenvalue weighted by atomic mass is 32.1. The van der Waals surface area contributed by atoms with E-state index in [1.54, 1.807) is 12.1 Å². The highest BCUT2D eigenvalue weighted by molar-refractivity contribution is 7.17. The molecular weight excluding hydrogens is 346 g/mol. The largest absolute Gasteiger partial charge is 0.465 e. The molecule has 0 saturated carbocycles. The molecule has 0 aliphatic heterocycles. The molecule has 1 N–H and O–H groups in total. The zero-order valence-corrected chi connectivity index (χ0v) is 15.6. The fourth-order valence-electron chi connectivity index (χ4n) is 2.76. The maximum Gasteiger partial charge on any atom is 0.341 e. The first kappa shape index (κ1) is 17.9. The third-order valence-electron chi connectivity index (χ3n) is 4.08. The van der Waals surface area contributed by atoms with Crippen LogP contribution in [0.4, 0.5) is 5.00 Å². The summed E-state index contributed by atoms with van der Waals surface area (Å²) in [5.74, 6) is -0.719. The predicted octanol–water partition coefficient (Wildman–Crippen LogP) is 5.07. The molecule has 0 unspecified atom stereocenters. The molecule has 0 radical (unpaired) electrons. The van der Waals surface area contributed by atoms with Crippen molar-refractivity contribution < 1.29 is 14.3 Å². The summed E-state index contributed by atoms with van der Waals surface area (Å²) < 4.78 is 4.97. The van der Waals surface area contributed by atoms with E-state index in [1.807, 2.05) is 56.3 Å². The molecule has 2 aromatic carbocycles. The Bertz CT molecular complexity index is 943. The van der Waals surface area contributed by atoms with Crippen LogP contribution in [0.2, 0.25) is 0 Å². The minimum Gasteiger partial charge on any atom is -0.465 e. The topological polar surface area (TPSA) is 55.4 Å². The quantitative estimate of drug-likeness (QED) is 0.657. The Labute approximate surface area is 156 Å². The van der Waals surface area contributed by atoms with E-state index >= 15 is 0 Å². The summed E-state index contributed by atoms with van der Waals surface area (Å²) in [5.41, 5.74) is 3.72. The van der Waals surface area contributed by atoms with Gasteiger partial charge < -0.3 is 10.1 Å². The highest BCUT2D eigenvalue weighted by Crippen LogP contribution is 2.40. The SMILES string of the molecule is COC(=O)c1c(NC(=O)c2ccc(C)cc2)sc(C)c1-c1ccccc1. The van der Waals surface area contributed by atoms with Gasteiger partial charge in [0.25, 0.3) is 5.91 Å². The number of rotatable bonds is 4. The van der Waals surface area contributed by atoms with Gasteiger partial charge in [-0.1, -0.05) is 48.0 Å². The predicted molar refractivity (Wildman–Crippen MR) is 105 cm³/mol. The molecular formula is C21H19NO3S. The van der Waals surface area contributed by atoms with Crippen molar-refractivity contribution in [2.45, 2.75) is 13.8 Å². The summed E-state index contributed by atoms with van der Waals surface area (Å²) in [7, 11) is 1.34. The van der Waals surface area contributed by atoms with Crippen LogP contribution in [0.1, 0.15) is 31.2 Å². The van der Waals surface area contributed by atoms with Gasteiger partial charge in [-0.25, -0.2) is 4.79 Å². The normalized spacial score (nSPS) is 10.4. The number of esters is 1. The van der Waals surface area contributed by atoms with Gasteiger partial charge in [-0.15, -0.1) is 11.3 Å². The van der Waals surface area contributed by atoms with Gasteiger partial charge in [-0.2, -0.15) is 0 Å². The van der Waals surface area contributed by atoms with E-state index in [-0.39, 0.29) is 5.91 Å². The zero-order chi connectivity index (χ0) is 18.7. The van der Waals surface area contributed by atoms with Crippen LogP contribution in [0.15, 0.2) is 54.6 Å². The molecule has 1 aromatic heterocycles. The number of aryl methyl sites for hydroxylation is 2. The molecule has 0 saturated heterocycles. The van der Waals surface area contributed by atoms with Crippen LogP contribution in [-0.4, -0.2) is 19.0 Å². The van der Waals surface area contributed by atoms with Gasteiger partial charge in [0.1, 0.15) is 10.6 Å². The van der Waals surface area contributed by atoms with Crippen LogP contribution in [0.3, 0.4) is 0 Å². The Morgan fingerprint density at radius 3 is 2.23 bits per heavy atom. The molecule has 1 amide bonds. The fraction of sp³-hybridized carbons (Fsp3) is 0.143. The van der Waals surface area contributed by atoms with Crippen molar-refractivity contribution in [3.05, 3.63) is 76.2 Å². The van der Waals surface area contributed by atoms with E-state index in [0.29, 0.717) is 16.1 Å². The first-order valence-corrected chi connectivity index (χ1v) is 8.98. The third kappa shape index (κ3) is 3.53. The Morgan fingerprint density at radius 2 is 1.62 bits per heavy atom. The van der Waals surface area contributed by atoms with Crippen LogP contribution in [0.5, 0.6) is 0 Å². The molecule has 0 bridgehead atoms. The Kier molecular flexibility index (Phi) is 5.19. The van der Waals surface area contributed by atoms with Crippen molar-refractivity contribution in [3.63, 3.8) is 0 Å². The van der Waals surface area contributed by atoms with Gasteiger partial charge in [0, 0.05) is 16.0 Å². The van der Waals surface area contributed by atoms with Gasteiger partial charge in [0.15, 0.2) is 0 Å². The Balaban J connectivity index is 2.03. The van der Waals surface area contributed by atoms with Crippen LogP contribution in [0.25, 0.3) is 11.1 Å². The number of carbonyl (C=O) groups is 2. The van der Waals surface area contributed by atoms with Gasteiger partial charge in [0.05, 0.1) is 7.11 Å². The molecule has 0 aliphatic rings. The second-order valence-corrected chi connectivity index (χ2v) is 7.14. The first-order chi connectivity index (χ1) is 12.5. The summed E-state index contributed by atoms with van der Waals surface area (Å²) in [6.45, 7) is 3.90. The smallest absolute Gasteiger partial charge is 0.341 e. The summed E-state index contributed by atoms with van der Waals surface area (Å²) in [6.07, 6.45) is 0. The summed E-state index contributed by atoms with van der Waals surface area (Å²) >= 11 is 1.37. The molecule has 26 heavy (non-hydrogen) atoms. The van der Waals surface area contributed by atoms with Crippen LogP contribution >= 0.6 is 11.3 Å². The summed E-state index contributed by atoms with van der Waals surface area (Å²) in [5, 5.41) is 3.37. The van der Waals surface area contributed by atoms with Gasteiger partial charge in [-0.3, -0.25) is 4.79 Å². The summed E-state index contributed by atoms with van der Waals surface area (Å²) in [4.78, 5) is 26.0. The van der Waals surface area contributed by atoms with Gasteiger partial charge in [0.2, 0.25) is 0 Å². The molecule has 3 aromatic rings. The summed E-state index contributed by atoms with van der Waals surface area (Å²) in [6, 6.07) is 16.9. The number of benzene rings is 2. The molecule has 0 atom stereocenters. The van der Waals surface area contributed by atoms with Crippen LogP contribution in [0, 0.1) is 13.8 Å². The molecule has 132 valence electrons. The minimum atomic E-state index is -0.465. The molecule has 3 rings (SSSR count). The van der Waals surface area contributed by atoms with E-state index in [1.165, 1.54) is 18.4 Å². The lowest BCUT2D eigenvalue weighted by Crippen LogP contribution is -2.14. The number of carbonyl (C=O) groups excluding carboxylic acids is 2. The average molecular weight is 365 g/mol. The molecule has 5 heteroatoms. The lowest BCUT2D eigenvalue weighted by molar-refractivity contribution is 0.0603. The van der Waals surface area contributed by atoms with Gasteiger partial charge >= 0.3 is 5.97 Å². The van der Waals surface area contributed by atoms with Crippen LogP contribution < -0.4 is 5.32 Å². The number of methoxy groups -OCH3 is 1. The molecule has 0 aliphatic carbocycles. The second kappa shape index (κ2) is 7.54. The number of hydrogen-bond donors (Lipinski definition) is 1. The number of hydrogen-bond acceptors (Lipinski definition) is 4. The number of ether oxygens (including phenoxy) is 1. The van der Waals surface area contributed by atoms with Crippen molar-refractivity contribution in [2.75, 3.05) is 12.4 Å². The van der Waals surface area contributed by atoms with Crippen LogP contribution in [-0.2, 0) is 4.74 Å². The van der Waals surface area contributed by atoms with E-state index in [9.17, 15) is 9.59 Å². The maximum atomic E-state index is 12.6. The first-order valence-electron chi connectivity index (χ1n) is 8.16. The highest BCUT2D eigenvalue weighted by Gasteiger charge is 2.25. The van der Waals surface area contributed by atoms with E-state index in [0.717, 1.165) is 21.6 Å². The molecule has 0 spiro atoms. The number of anilines is 1.